The molecule has 68 valence electrons. The molecule has 0 rings (SSSR count). The first kappa shape index (κ1) is 23.6. The molecule has 0 saturated carbocycles. The molecule has 8 nitrogen and oxygen atoms in total. The Morgan fingerprint density at radius 1 is 0.750 bits per heavy atom. The molecule has 0 fully saturated rings. The molecule has 0 unspecified atom stereocenters. The van der Waals surface area contributed by atoms with Crippen LogP contribution in [0.25, 0.3) is 0 Å². The molecule has 0 aliphatic rings. The Morgan fingerprint density at radius 2 is 0.750 bits per heavy atom. The molecule has 0 heterocycles. The van der Waals surface area contributed by atoms with Gasteiger partial charge < -0.3 is 2.85 Å². The second kappa shape index (κ2) is 9.53. The van der Waals surface area contributed by atoms with Gasteiger partial charge in [0.25, 0.3) is 0 Å². The van der Waals surface area contributed by atoms with Gasteiger partial charge in [0.15, 0.2) is 0 Å². The molecule has 0 spiro atoms. The molecule has 0 aliphatic carbocycles. The van der Waals surface area contributed by atoms with Crippen LogP contribution in [-0.4, -0.2) is 35.0 Å². The Labute approximate surface area is 127 Å². The third-order valence-corrected chi connectivity index (χ3v) is 0. The van der Waals surface area contributed by atoms with E-state index in [2.05, 4.69) is 0 Å². The van der Waals surface area contributed by atoms with Crippen molar-refractivity contribution in [3.05, 3.63) is 0 Å². The molecule has 0 bridgehead atoms. The molecule has 0 aromatic carbocycles. The zero-order valence-corrected chi connectivity index (χ0v) is 11.0. The van der Waals surface area contributed by atoms with Crippen molar-refractivity contribution in [1.29, 1.82) is 0 Å². The summed E-state index contributed by atoms with van der Waals surface area (Å²) in [4.78, 5) is 0. The van der Waals surface area contributed by atoms with Crippen molar-refractivity contribution in [2.75, 3.05) is 0 Å². The van der Waals surface area contributed by atoms with Crippen LogP contribution in [0, 0.1) is 0 Å². The molecule has 0 radical (unpaired) electrons. The number of hydrogen-bond acceptors (Lipinski definition) is 4. The van der Waals surface area contributed by atoms with Crippen LogP contribution < -0.4 is 70.2 Å². The molecule has 0 aromatic heterocycles. The van der Waals surface area contributed by atoms with Gasteiger partial charge in [-0.05, 0) is 0 Å². The summed E-state index contributed by atoms with van der Waals surface area (Å²) >= 11 is 0. The smallest absolute Gasteiger partial charge is 1.00 e. The molecule has 0 saturated heterocycles. The fourth-order valence-corrected chi connectivity index (χ4v) is 0. The van der Waals surface area contributed by atoms with Crippen LogP contribution in [0.1, 0.15) is 2.85 Å². The van der Waals surface area contributed by atoms with E-state index in [9.17, 15) is 0 Å². The van der Waals surface area contributed by atoms with E-state index in [4.69, 9.17) is 35.0 Å². The summed E-state index contributed by atoms with van der Waals surface area (Å²) in [6.45, 7) is 0. The second-order valence-corrected chi connectivity index (χ2v) is 2.69. The van der Waals surface area contributed by atoms with Gasteiger partial charge in [-0.15, -0.1) is 0 Å². The van der Waals surface area contributed by atoms with Crippen LogP contribution in [0.5, 0.6) is 0 Å². The van der Waals surface area contributed by atoms with Gasteiger partial charge in [-0.2, -0.15) is 16.8 Å². The van der Waals surface area contributed by atoms with Gasteiger partial charge in [-0.25, -0.2) is 0 Å². The molecule has 12 heteroatoms. The first-order valence-corrected chi connectivity index (χ1v) is 4.19. The first-order chi connectivity index (χ1) is 4.00. The van der Waals surface area contributed by atoms with Gasteiger partial charge in [0.1, 0.15) is 0 Å². The number of rotatable bonds is 0. The van der Waals surface area contributed by atoms with E-state index in [1.54, 1.807) is 0 Å². The summed E-state index contributed by atoms with van der Waals surface area (Å²) in [5.74, 6) is 0. The predicted octanol–water partition coefficient (Wildman–Crippen LogP) is -7.07. The van der Waals surface area contributed by atoms with Crippen LogP contribution in [0.15, 0.2) is 0 Å². The van der Waals surface area contributed by atoms with Crippen LogP contribution in [0.4, 0.5) is 0 Å². The molecule has 4 N–H and O–H groups in total. The molecule has 0 amide bonds. The average molecular weight is 244 g/mol. The summed E-state index contributed by atoms with van der Waals surface area (Å²) in [6.07, 6.45) is 0. The van der Waals surface area contributed by atoms with E-state index in [0.717, 1.165) is 0 Å². The van der Waals surface area contributed by atoms with Crippen molar-refractivity contribution in [1.82, 2.24) is 0 Å². The van der Waals surface area contributed by atoms with E-state index in [-0.39, 0.29) is 73.1 Å². The quantitative estimate of drug-likeness (QED) is 0.242. The van der Waals surface area contributed by atoms with Crippen molar-refractivity contribution in [3.63, 3.8) is 0 Å². The predicted molar refractivity (Wildman–Crippen MR) is 30.6 cm³/mol. The third-order valence-electron chi connectivity index (χ3n) is 0. The summed E-state index contributed by atoms with van der Waals surface area (Å²) in [7, 11) is -9.33. The minimum atomic E-state index is -4.67. The van der Waals surface area contributed by atoms with Crippen molar-refractivity contribution in [2.24, 2.45) is 0 Å². The molecular formula is H6KLiO8S2. The van der Waals surface area contributed by atoms with Crippen molar-refractivity contribution >= 4 is 20.8 Å². The Hall–Kier alpha value is 1.97. The maximum Gasteiger partial charge on any atom is 1.00 e. The van der Waals surface area contributed by atoms with E-state index in [0.29, 0.717) is 0 Å². The molecular weight excluding hydrogens is 238 g/mol. The van der Waals surface area contributed by atoms with E-state index >= 15 is 0 Å². The molecule has 0 aliphatic heterocycles. The molecule has 0 atom stereocenters. The fourth-order valence-electron chi connectivity index (χ4n) is 0. The van der Waals surface area contributed by atoms with Crippen LogP contribution in [-0.2, 0) is 20.8 Å². The van der Waals surface area contributed by atoms with Gasteiger partial charge in [0, 0.05) is 0 Å². The average Bonchev–Trinajstić information content (AvgIpc) is 1.12. The van der Waals surface area contributed by atoms with Crippen molar-refractivity contribution in [2.45, 2.75) is 0 Å². The van der Waals surface area contributed by atoms with Gasteiger partial charge >= 0.3 is 91.0 Å². The Kier molecular flexibility index (Phi) is 18.8. The van der Waals surface area contributed by atoms with Gasteiger partial charge in [0.05, 0.1) is 0 Å². The minimum Gasteiger partial charge on any atom is -1.00 e. The van der Waals surface area contributed by atoms with E-state index in [1.807, 2.05) is 0 Å². The largest absolute Gasteiger partial charge is 1.00 e. The fraction of sp³-hybridized carbons (Fsp3) is 0. The van der Waals surface area contributed by atoms with Crippen LogP contribution in [0.2, 0.25) is 0 Å². The van der Waals surface area contributed by atoms with Crippen molar-refractivity contribution in [3.8, 4) is 0 Å². The zero-order valence-electron chi connectivity index (χ0n) is 8.24. The zero-order chi connectivity index (χ0) is 9.00. The maximum absolute atomic E-state index is 8.74. The normalized spacial score (nSPS) is 9.67. The SMILES string of the molecule is O=S(=O)(O)O.O=S(=O)(O)O.[H-].[H-].[K+].[Li+]. The Bertz CT molecular complexity index is 222. The minimum absolute atomic E-state index is 0. The third kappa shape index (κ3) is 370. The first-order valence-electron chi connectivity index (χ1n) is 1.40. The van der Waals surface area contributed by atoms with E-state index in [1.165, 1.54) is 0 Å². The topological polar surface area (TPSA) is 149 Å². The van der Waals surface area contributed by atoms with Gasteiger partial charge in [0.2, 0.25) is 0 Å². The van der Waals surface area contributed by atoms with Gasteiger partial charge in [-0.1, -0.05) is 0 Å². The van der Waals surface area contributed by atoms with Crippen LogP contribution in [0.3, 0.4) is 0 Å². The van der Waals surface area contributed by atoms with E-state index < -0.39 is 20.8 Å². The summed E-state index contributed by atoms with van der Waals surface area (Å²) < 4.78 is 63.2. The Balaban J connectivity index is -0.0000000178. The monoisotopic (exact) mass is 244 g/mol. The second-order valence-electron chi connectivity index (χ2n) is 0.896. The van der Waals surface area contributed by atoms with Crippen LogP contribution >= 0.6 is 0 Å². The molecule has 12 heavy (non-hydrogen) atoms. The van der Waals surface area contributed by atoms with Gasteiger partial charge in [-0.3, -0.25) is 18.2 Å². The summed E-state index contributed by atoms with van der Waals surface area (Å²) in [5, 5.41) is 0. The number of hydrogen-bond donors (Lipinski definition) is 4. The summed E-state index contributed by atoms with van der Waals surface area (Å²) in [6, 6.07) is 0. The summed E-state index contributed by atoms with van der Waals surface area (Å²) in [5.41, 5.74) is 0. The molecule has 0 aromatic rings. The Morgan fingerprint density at radius 3 is 0.750 bits per heavy atom. The maximum atomic E-state index is 8.74. The van der Waals surface area contributed by atoms with Crippen molar-refractivity contribution < 1.29 is 108 Å². The standard InChI is InChI=1S/K.Li.2H2O4S.2H/c;;2*1-5(2,3)4;;/h;;2*(H2,1,2,3,4);;/q2*+1;;;2*-1.